The predicted octanol–water partition coefficient (Wildman–Crippen LogP) is 2.53. The van der Waals surface area contributed by atoms with E-state index in [0.717, 1.165) is 50.1 Å². The number of ether oxygens (including phenoxy) is 1. The van der Waals surface area contributed by atoms with Crippen LogP contribution in [-0.2, 0) is 11.3 Å². The highest BCUT2D eigenvalue weighted by Crippen LogP contribution is 2.24. The molecule has 6 heteroatoms. The Morgan fingerprint density at radius 2 is 2.22 bits per heavy atom. The number of hydrogen-bond acceptors (Lipinski definition) is 4. The third kappa shape index (κ3) is 4.32. The van der Waals surface area contributed by atoms with Crippen molar-refractivity contribution in [1.29, 1.82) is 0 Å². The van der Waals surface area contributed by atoms with Crippen molar-refractivity contribution in [3.05, 3.63) is 52.3 Å². The quantitative estimate of drug-likeness (QED) is 0.852. The van der Waals surface area contributed by atoms with Gasteiger partial charge in [-0.15, -0.1) is 0 Å². The second kappa shape index (κ2) is 7.93. The predicted molar refractivity (Wildman–Crippen MR) is 91.6 cm³/mol. The molecule has 2 heterocycles. The summed E-state index contributed by atoms with van der Waals surface area (Å²) in [6.07, 6.45) is 1.88. The van der Waals surface area contributed by atoms with Crippen LogP contribution in [0.25, 0.3) is 0 Å². The van der Waals surface area contributed by atoms with E-state index in [9.17, 15) is 0 Å². The normalized spacial score (nSPS) is 17.3. The molecule has 0 saturated carbocycles. The molecule has 1 aliphatic rings. The number of aromatic amines is 1. The van der Waals surface area contributed by atoms with Crippen LogP contribution in [0, 0.1) is 6.92 Å². The molecular weight excluding hydrogens is 312 g/mol. The molecule has 2 aromatic rings. The summed E-state index contributed by atoms with van der Waals surface area (Å²) < 4.78 is 5.49. The van der Waals surface area contributed by atoms with E-state index in [0.29, 0.717) is 6.04 Å². The van der Waals surface area contributed by atoms with Crippen LogP contribution in [0.5, 0.6) is 0 Å². The minimum absolute atomic E-state index is 0.296. The number of nitrogens with one attached hydrogen (secondary N) is 2. The standard InChI is InChI=1S/C17H23ClN4O/c1-13-15(11-20-21-13)10-19-12-17(22-5-7-23-8-6-22)14-3-2-4-16(18)9-14/h2-4,9,11,17,19H,5-8,10,12H2,1H3,(H,20,21). The maximum Gasteiger partial charge on any atom is 0.0594 e. The third-order valence-electron chi connectivity index (χ3n) is 4.31. The number of H-pyrrole nitrogens is 1. The topological polar surface area (TPSA) is 53.2 Å². The fourth-order valence-corrected chi connectivity index (χ4v) is 3.16. The fourth-order valence-electron chi connectivity index (χ4n) is 2.96. The van der Waals surface area contributed by atoms with Gasteiger partial charge in [0.2, 0.25) is 0 Å². The second-order valence-corrected chi connectivity index (χ2v) is 6.31. The van der Waals surface area contributed by atoms with E-state index in [2.05, 4.69) is 32.5 Å². The van der Waals surface area contributed by atoms with Crippen LogP contribution >= 0.6 is 11.6 Å². The highest BCUT2D eigenvalue weighted by molar-refractivity contribution is 6.30. The Morgan fingerprint density at radius 1 is 1.39 bits per heavy atom. The molecule has 124 valence electrons. The highest BCUT2D eigenvalue weighted by atomic mass is 35.5. The van der Waals surface area contributed by atoms with E-state index >= 15 is 0 Å². The lowest BCUT2D eigenvalue weighted by Gasteiger charge is -2.35. The van der Waals surface area contributed by atoms with Gasteiger partial charge in [0.1, 0.15) is 0 Å². The SMILES string of the molecule is Cc1[nH]ncc1CNCC(c1cccc(Cl)c1)N1CCOCC1. The highest BCUT2D eigenvalue weighted by Gasteiger charge is 2.22. The third-order valence-corrected chi connectivity index (χ3v) is 4.54. The van der Waals surface area contributed by atoms with Crippen molar-refractivity contribution < 1.29 is 4.74 Å². The average molecular weight is 335 g/mol. The molecule has 0 aliphatic carbocycles. The van der Waals surface area contributed by atoms with Crippen molar-refractivity contribution >= 4 is 11.6 Å². The molecule has 1 fully saturated rings. The Labute approximate surface area is 142 Å². The van der Waals surface area contributed by atoms with Gasteiger partial charge in [0, 0.05) is 48.5 Å². The van der Waals surface area contributed by atoms with Crippen LogP contribution in [0.15, 0.2) is 30.5 Å². The molecule has 3 rings (SSSR count). The lowest BCUT2D eigenvalue weighted by atomic mass is 10.0. The van der Waals surface area contributed by atoms with Crippen LogP contribution < -0.4 is 5.32 Å². The minimum atomic E-state index is 0.296. The van der Waals surface area contributed by atoms with Crippen molar-refractivity contribution in [3.63, 3.8) is 0 Å². The molecule has 0 spiro atoms. The van der Waals surface area contributed by atoms with Crippen molar-refractivity contribution in [2.24, 2.45) is 0 Å². The number of rotatable bonds is 6. The van der Waals surface area contributed by atoms with Gasteiger partial charge in [-0.1, -0.05) is 23.7 Å². The van der Waals surface area contributed by atoms with Crippen LogP contribution in [0.4, 0.5) is 0 Å². The van der Waals surface area contributed by atoms with Crippen LogP contribution in [0.1, 0.15) is 22.9 Å². The summed E-state index contributed by atoms with van der Waals surface area (Å²) in [4.78, 5) is 2.46. The first-order valence-corrected chi connectivity index (χ1v) is 8.38. The Kier molecular flexibility index (Phi) is 5.67. The molecule has 0 radical (unpaired) electrons. The van der Waals surface area contributed by atoms with Gasteiger partial charge in [-0.2, -0.15) is 5.10 Å². The van der Waals surface area contributed by atoms with E-state index in [4.69, 9.17) is 16.3 Å². The molecule has 0 bridgehead atoms. The number of nitrogens with zero attached hydrogens (tertiary/aromatic N) is 2. The summed E-state index contributed by atoms with van der Waals surface area (Å²) in [6.45, 7) is 7.19. The Balaban J connectivity index is 1.68. The second-order valence-electron chi connectivity index (χ2n) is 5.87. The molecule has 0 amide bonds. The van der Waals surface area contributed by atoms with Gasteiger partial charge in [-0.05, 0) is 24.6 Å². The monoisotopic (exact) mass is 334 g/mol. The van der Waals surface area contributed by atoms with E-state index in [1.165, 1.54) is 11.1 Å². The molecule has 1 aliphatic heterocycles. The fraction of sp³-hybridized carbons (Fsp3) is 0.471. The molecule has 1 unspecified atom stereocenters. The van der Waals surface area contributed by atoms with Crippen molar-refractivity contribution in [2.75, 3.05) is 32.8 Å². The van der Waals surface area contributed by atoms with E-state index in [1.54, 1.807) is 0 Å². The van der Waals surface area contributed by atoms with Crippen molar-refractivity contribution in [3.8, 4) is 0 Å². The molecular formula is C17H23ClN4O. The van der Waals surface area contributed by atoms with Gasteiger partial charge < -0.3 is 10.1 Å². The van der Waals surface area contributed by atoms with E-state index in [1.807, 2.05) is 25.3 Å². The van der Waals surface area contributed by atoms with Gasteiger partial charge in [0.05, 0.1) is 19.4 Å². The van der Waals surface area contributed by atoms with Gasteiger partial charge in [0.25, 0.3) is 0 Å². The summed E-state index contributed by atoms with van der Waals surface area (Å²) in [7, 11) is 0. The van der Waals surface area contributed by atoms with E-state index in [-0.39, 0.29) is 0 Å². The Hall–Kier alpha value is -1.40. The molecule has 1 aromatic heterocycles. The lowest BCUT2D eigenvalue weighted by molar-refractivity contribution is 0.0161. The summed E-state index contributed by atoms with van der Waals surface area (Å²) in [5.41, 5.74) is 3.57. The van der Waals surface area contributed by atoms with Gasteiger partial charge in [0.15, 0.2) is 0 Å². The molecule has 2 N–H and O–H groups in total. The minimum Gasteiger partial charge on any atom is -0.379 e. The Bertz CT molecular complexity index is 625. The molecule has 1 atom stereocenters. The molecule has 1 aromatic carbocycles. The van der Waals surface area contributed by atoms with Crippen LogP contribution in [0.2, 0.25) is 5.02 Å². The van der Waals surface area contributed by atoms with Gasteiger partial charge in [-0.25, -0.2) is 0 Å². The summed E-state index contributed by atoms with van der Waals surface area (Å²) in [5, 5.41) is 11.4. The maximum absolute atomic E-state index is 6.19. The summed E-state index contributed by atoms with van der Waals surface area (Å²) >= 11 is 6.19. The Morgan fingerprint density at radius 3 is 2.91 bits per heavy atom. The maximum atomic E-state index is 6.19. The number of hydrogen-bond donors (Lipinski definition) is 2. The lowest BCUT2D eigenvalue weighted by Crippen LogP contribution is -2.42. The smallest absolute Gasteiger partial charge is 0.0594 e. The van der Waals surface area contributed by atoms with Crippen molar-refractivity contribution in [1.82, 2.24) is 20.4 Å². The number of aromatic nitrogens is 2. The number of halogens is 1. The van der Waals surface area contributed by atoms with Gasteiger partial charge in [-0.3, -0.25) is 10.00 Å². The van der Waals surface area contributed by atoms with E-state index < -0.39 is 0 Å². The summed E-state index contributed by atoms with van der Waals surface area (Å²) in [5.74, 6) is 0. The zero-order valence-corrected chi connectivity index (χ0v) is 14.1. The van der Waals surface area contributed by atoms with Crippen LogP contribution in [-0.4, -0.2) is 47.9 Å². The number of benzene rings is 1. The molecule has 23 heavy (non-hydrogen) atoms. The first-order chi connectivity index (χ1) is 11.2. The zero-order chi connectivity index (χ0) is 16.1. The number of morpholine rings is 1. The average Bonchev–Trinajstić information content (AvgIpc) is 2.97. The van der Waals surface area contributed by atoms with Crippen molar-refractivity contribution in [2.45, 2.75) is 19.5 Å². The number of aryl methyl sites for hydroxylation is 1. The first-order valence-electron chi connectivity index (χ1n) is 8.01. The first kappa shape index (κ1) is 16.5. The largest absolute Gasteiger partial charge is 0.379 e. The van der Waals surface area contributed by atoms with Gasteiger partial charge >= 0.3 is 0 Å². The molecule has 5 nitrogen and oxygen atoms in total. The molecule has 1 saturated heterocycles. The zero-order valence-electron chi connectivity index (χ0n) is 13.4. The summed E-state index contributed by atoms with van der Waals surface area (Å²) in [6, 6.07) is 8.45. The van der Waals surface area contributed by atoms with Crippen LogP contribution in [0.3, 0.4) is 0 Å².